The third-order valence-electron chi connectivity index (χ3n) is 6.15. The molecule has 0 aliphatic rings. The van der Waals surface area contributed by atoms with E-state index in [1.165, 1.54) is 49.7 Å². The predicted octanol–water partition coefficient (Wildman–Crippen LogP) is 8.23. The van der Waals surface area contributed by atoms with Gasteiger partial charge in [0.2, 0.25) is 0 Å². The van der Waals surface area contributed by atoms with Gasteiger partial charge in [-0.1, -0.05) is 96.0 Å². The Hall–Kier alpha value is -2.48. The molecule has 0 aromatic heterocycles. The topological polar surface area (TPSA) is 15.3 Å². The van der Waals surface area contributed by atoms with Gasteiger partial charge in [-0.25, -0.2) is 0 Å². The van der Waals surface area contributed by atoms with Crippen molar-refractivity contribution >= 4 is 17.1 Å². The molecule has 2 aromatic rings. The molecule has 0 amide bonds. The zero-order chi connectivity index (χ0) is 22.6. The van der Waals surface area contributed by atoms with Crippen LogP contribution < -0.4 is 5.32 Å². The van der Waals surface area contributed by atoms with Crippen molar-refractivity contribution < 1.29 is 0 Å². The summed E-state index contributed by atoms with van der Waals surface area (Å²) in [5.41, 5.74) is 6.76. The van der Waals surface area contributed by atoms with E-state index < -0.39 is 0 Å². The van der Waals surface area contributed by atoms with Crippen molar-refractivity contribution in [2.24, 2.45) is 5.92 Å². The van der Waals surface area contributed by atoms with Gasteiger partial charge in [0.05, 0.1) is 0 Å². The summed E-state index contributed by atoms with van der Waals surface area (Å²) in [5.74, 6) is 0.731. The Kier molecular flexibility index (Phi) is 10.4. The van der Waals surface area contributed by atoms with Crippen LogP contribution in [0.4, 0.5) is 5.69 Å². The highest BCUT2D eigenvalue weighted by Crippen LogP contribution is 2.23. The van der Waals surface area contributed by atoms with Gasteiger partial charge in [-0.15, -0.1) is 0 Å². The highest BCUT2D eigenvalue weighted by atomic mass is 15.1. The molecule has 1 atom stereocenters. The maximum atomic E-state index is 4.33. The lowest BCUT2D eigenvalue weighted by Crippen LogP contribution is -2.23. The highest BCUT2D eigenvalue weighted by molar-refractivity contribution is 5.76. The summed E-state index contributed by atoms with van der Waals surface area (Å²) >= 11 is 0. The lowest BCUT2D eigenvalue weighted by atomic mass is 9.99. The van der Waals surface area contributed by atoms with Gasteiger partial charge in [-0.2, -0.15) is 0 Å². The van der Waals surface area contributed by atoms with E-state index in [0.717, 1.165) is 41.5 Å². The van der Waals surface area contributed by atoms with E-state index in [2.05, 4.69) is 99.7 Å². The Morgan fingerprint density at radius 3 is 2.10 bits per heavy atom. The number of benzene rings is 2. The van der Waals surface area contributed by atoms with E-state index in [1.807, 2.05) is 0 Å². The summed E-state index contributed by atoms with van der Waals surface area (Å²) in [5, 5.41) is 3.45. The number of nitrogens with zero attached hydrogens (tertiary/aromatic N) is 1. The molecule has 168 valence electrons. The van der Waals surface area contributed by atoms with Crippen LogP contribution in [-0.4, -0.2) is 18.5 Å². The van der Waals surface area contributed by atoms with Gasteiger partial charge in [0.1, 0.15) is 0 Å². The fraction of sp³-hybridized carbons (Fsp3) is 0.448. The van der Waals surface area contributed by atoms with Crippen LogP contribution in [0.25, 0.3) is 11.4 Å². The van der Waals surface area contributed by atoms with Crippen molar-refractivity contribution in [3.63, 3.8) is 0 Å². The van der Waals surface area contributed by atoms with Crippen LogP contribution in [0.15, 0.2) is 61.7 Å². The second-order valence-electron chi connectivity index (χ2n) is 8.73. The first-order chi connectivity index (χ1) is 15.0. The molecule has 2 heteroatoms. The van der Waals surface area contributed by atoms with Crippen LogP contribution in [0, 0.1) is 5.92 Å². The zero-order valence-electron chi connectivity index (χ0n) is 20.2. The molecule has 0 heterocycles. The fourth-order valence-corrected chi connectivity index (χ4v) is 3.99. The Balaban J connectivity index is 1.92. The van der Waals surface area contributed by atoms with E-state index >= 15 is 0 Å². The molecule has 0 spiro atoms. The largest absolute Gasteiger partial charge is 0.374 e. The van der Waals surface area contributed by atoms with Crippen LogP contribution in [0.2, 0.25) is 0 Å². The third kappa shape index (κ3) is 7.94. The molecule has 0 saturated heterocycles. The number of anilines is 1. The van der Waals surface area contributed by atoms with E-state index in [1.54, 1.807) is 0 Å². The summed E-state index contributed by atoms with van der Waals surface area (Å²) in [6.07, 6.45) is 8.72. The average Bonchev–Trinajstić information content (AvgIpc) is 2.79. The van der Waals surface area contributed by atoms with Gasteiger partial charge >= 0.3 is 0 Å². The number of aryl methyl sites for hydroxylation is 1. The molecule has 2 rings (SSSR count). The molecule has 0 fully saturated rings. The lowest BCUT2D eigenvalue weighted by molar-refractivity contribution is 0.342. The van der Waals surface area contributed by atoms with Gasteiger partial charge in [0.25, 0.3) is 0 Å². The van der Waals surface area contributed by atoms with Gasteiger partial charge < -0.3 is 10.2 Å². The van der Waals surface area contributed by atoms with E-state index in [-0.39, 0.29) is 0 Å². The molecule has 31 heavy (non-hydrogen) atoms. The summed E-state index contributed by atoms with van der Waals surface area (Å²) in [4.78, 5) is 2.30. The minimum absolute atomic E-state index is 0.731. The van der Waals surface area contributed by atoms with Crippen molar-refractivity contribution in [3.8, 4) is 0 Å². The first kappa shape index (κ1) is 24.8. The average molecular weight is 419 g/mol. The molecule has 2 aromatic carbocycles. The smallest absolute Gasteiger partial charge is 0.0384 e. The molecule has 0 saturated carbocycles. The molecule has 0 aliphatic carbocycles. The molecule has 1 unspecified atom stereocenters. The first-order valence-corrected chi connectivity index (χ1v) is 12.0. The first-order valence-electron chi connectivity index (χ1n) is 12.0. The zero-order valence-corrected chi connectivity index (χ0v) is 20.2. The number of nitrogens with one attached hydrogen (secondary N) is 1. The second-order valence-corrected chi connectivity index (χ2v) is 8.73. The van der Waals surface area contributed by atoms with Crippen LogP contribution in [0.5, 0.6) is 0 Å². The van der Waals surface area contributed by atoms with Crippen LogP contribution in [0.3, 0.4) is 0 Å². The minimum Gasteiger partial charge on any atom is -0.374 e. The molecule has 0 aliphatic heterocycles. The Labute approximate surface area is 191 Å². The van der Waals surface area contributed by atoms with Crippen molar-refractivity contribution in [2.45, 2.75) is 65.7 Å². The number of unbranched alkanes of at least 4 members (excludes halogenated alkanes) is 2. The molecular weight excluding hydrogens is 376 g/mol. The van der Waals surface area contributed by atoms with Crippen molar-refractivity contribution in [1.29, 1.82) is 0 Å². The van der Waals surface area contributed by atoms with Gasteiger partial charge in [0, 0.05) is 30.7 Å². The monoisotopic (exact) mass is 418 g/mol. The van der Waals surface area contributed by atoms with Crippen LogP contribution >= 0.6 is 0 Å². The highest BCUT2D eigenvalue weighted by Gasteiger charge is 2.12. The summed E-state index contributed by atoms with van der Waals surface area (Å²) < 4.78 is 0. The molecule has 0 bridgehead atoms. The summed E-state index contributed by atoms with van der Waals surface area (Å²) in [7, 11) is 2.15. The van der Waals surface area contributed by atoms with Crippen molar-refractivity contribution in [3.05, 3.63) is 78.4 Å². The molecule has 1 N–H and O–H groups in total. The fourth-order valence-electron chi connectivity index (χ4n) is 3.99. The Morgan fingerprint density at radius 1 is 0.871 bits per heavy atom. The SMILES string of the molecule is C=C(Nc1ccc(C(=C)N(C)CC(CC)CCC)cc1)c1ccc(CCCCC)cc1. The second kappa shape index (κ2) is 13.0. The minimum atomic E-state index is 0.731. The normalized spacial score (nSPS) is 11.7. The van der Waals surface area contributed by atoms with Crippen molar-refractivity contribution in [1.82, 2.24) is 4.90 Å². The van der Waals surface area contributed by atoms with Gasteiger partial charge in [-0.05, 0) is 54.0 Å². The third-order valence-corrected chi connectivity index (χ3v) is 6.15. The van der Waals surface area contributed by atoms with E-state index in [0.29, 0.717) is 0 Å². The van der Waals surface area contributed by atoms with Crippen LogP contribution in [-0.2, 0) is 6.42 Å². The number of hydrogen-bond donors (Lipinski definition) is 1. The Bertz CT molecular complexity index is 802. The van der Waals surface area contributed by atoms with E-state index in [4.69, 9.17) is 0 Å². The maximum Gasteiger partial charge on any atom is 0.0384 e. The molecule has 0 radical (unpaired) electrons. The quantitative estimate of drug-likeness (QED) is 0.311. The van der Waals surface area contributed by atoms with Gasteiger partial charge in [0.15, 0.2) is 0 Å². The number of rotatable bonds is 14. The standard InChI is InChI=1S/C29H42N2/c1-7-10-11-13-26-14-16-27(17-15-26)23(4)30-29-20-18-28(19-21-29)24(5)31(6)22-25(9-3)12-8-2/h14-21,25,30H,4-5,7-13,22H2,1-3,6H3. The summed E-state index contributed by atoms with van der Waals surface area (Å²) in [6, 6.07) is 17.3. The predicted molar refractivity (Wildman–Crippen MR) is 139 cm³/mol. The number of hydrogen-bond acceptors (Lipinski definition) is 2. The lowest BCUT2D eigenvalue weighted by Gasteiger charge is -2.27. The molecular formula is C29H42N2. The van der Waals surface area contributed by atoms with Gasteiger partial charge in [-0.3, -0.25) is 0 Å². The molecule has 2 nitrogen and oxygen atoms in total. The Morgan fingerprint density at radius 2 is 1.52 bits per heavy atom. The maximum absolute atomic E-state index is 4.33. The summed E-state index contributed by atoms with van der Waals surface area (Å²) in [6.45, 7) is 16.4. The van der Waals surface area contributed by atoms with E-state index in [9.17, 15) is 0 Å². The van der Waals surface area contributed by atoms with Crippen LogP contribution in [0.1, 0.15) is 76.0 Å². The van der Waals surface area contributed by atoms with Crippen molar-refractivity contribution in [2.75, 3.05) is 18.9 Å².